The third kappa shape index (κ3) is 3.95. The first kappa shape index (κ1) is 16.2. The van der Waals surface area contributed by atoms with Crippen LogP contribution >= 0.6 is 11.3 Å². The number of thiazole rings is 1. The molecule has 0 spiro atoms. The summed E-state index contributed by atoms with van der Waals surface area (Å²) in [4.78, 5) is 18.6. The second kappa shape index (κ2) is 7.22. The van der Waals surface area contributed by atoms with E-state index in [1.807, 2.05) is 31.4 Å². The van der Waals surface area contributed by atoms with Crippen LogP contribution in [0.4, 0.5) is 0 Å². The van der Waals surface area contributed by atoms with Crippen molar-refractivity contribution in [3.63, 3.8) is 0 Å². The minimum atomic E-state index is -0.0625. The summed E-state index contributed by atoms with van der Waals surface area (Å²) >= 11 is 1.55. The molecule has 0 N–H and O–H groups in total. The van der Waals surface area contributed by atoms with Crippen molar-refractivity contribution in [2.45, 2.75) is 19.9 Å². The van der Waals surface area contributed by atoms with Crippen molar-refractivity contribution >= 4 is 17.2 Å². The van der Waals surface area contributed by atoms with E-state index in [4.69, 9.17) is 4.74 Å². The third-order valence-electron chi connectivity index (χ3n) is 3.28. The van der Waals surface area contributed by atoms with Gasteiger partial charge in [-0.3, -0.25) is 4.79 Å². The number of aromatic nitrogens is 1. The summed E-state index contributed by atoms with van der Waals surface area (Å²) in [6.07, 6.45) is 1.75. The Morgan fingerprint density at radius 3 is 2.91 bits per heavy atom. The van der Waals surface area contributed by atoms with E-state index < -0.39 is 0 Å². The Morgan fingerprint density at radius 2 is 2.27 bits per heavy atom. The highest BCUT2D eigenvalue weighted by atomic mass is 32.1. The molecule has 2 aromatic rings. The van der Waals surface area contributed by atoms with Gasteiger partial charge >= 0.3 is 0 Å². The molecule has 116 valence electrons. The number of benzene rings is 1. The van der Waals surface area contributed by atoms with Crippen LogP contribution in [0.3, 0.4) is 0 Å². The van der Waals surface area contributed by atoms with Crippen molar-refractivity contribution in [2.24, 2.45) is 0 Å². The smallest absolute Gasteiger partial charge is 0.254 e. The molecular weight excluding hydrogens is 296 g/mol. The first-order valence-corrected chi connectivity index (χ1v) is 7.91. The summed E-state index contributed by atoms with van der Waals surface area (Å²) < 4.78 is 5.59. The van der Waals surface area contributed by atoms with Crippen LogP contribution in [0.2, 0.25) is 0 Å². The van der Waals surface area contributed by atoms with Crippen LogP contribution in [0.5, 0.6) is 5.75 Å². The largest absolute Gasteiger partial charge is 0.489 e. The van der Waals surface area contributed by atoms with Gasteiger partial charge in [-0.15, -0.1) is 11.3 Å². The standard InChI is InChI=1S/C17H20N2O2S/c1-12(2)11-21-15-7-5-6-14(10-15)17(20)19(4)13(3)16-18-8-9-22-16/h5-10,13H,1,11H2,2-4H3/t13-/m1/s1. The fourth-order valence-corrected chi connectivity index (χ4v) is 2.65. The molecule has 0 bridgehead atoms. The Bertz CT molecular complexity index is 652. The summed E-state index contributed by atoms with van der Waals surface area (Å²) in [5.74, 6) is 0.618. The van der Waals surface area contributed by atoms with Crippen molar-refractivity contribution in [1.82, 2.24) is 9.88 Å². The lowest BCUT2D eigenvalue weighted by Crippen LogP contribution is -2.29. The molecule has 4 nitrogen and oxygen atoms in total. The van der Waals surface area contributed by atoms with Crippen LogP contribution in [0.25, 0.3) is 0 Å². The fourth-order valence-electron chi connectivity index (χ4n) is 1.91. The number of ether oxygens (including phenoxy) is 1. The van der Waals surface area contributed by atoms with Gasteiger partial charge in [-0.1, -0.05) is 12.6 Å². The van der Waals surface area contributed by atoms with E-state index >= 15 is 0 Å². The van der Waals surface area contributed by atoms with Crippen LogP contribution in [0.1, 0.15) is 35.3 Å². The van der Waals surface area contributed by atoms with Crippen molar-refractivity contribution in [3.05, 3.63) is 58.6 Å². The lowest BCUT2D eigenvalue weighted by Gasteiger charge is -2.23. The van der Waals surface area contributed by atoms with E-state index in [2.05, 4.69) is 11.6 Å². The highest BCUT2D eigenvalue weighted by Gasteiger charge is 2.20. The summed E-state index contributed by atoms with van der Waals surface area (Å²) in [5, 5.41) is 2.83. The lowest BCUT2D eigenvalue weighted by molar-refractivity contribution is 0.0742. The summed E-state index contributed by atoms with van der Waals surface area (Å²) in [7, 11) is 1.79. The second-order valence-electron chi connectivity index (χ2n) is 5.24. The first-order valence-electron chi connectivity index (χ1n) is 7.03. The average molecular weight is 316 g/mol. The van der Waals surface area contributed by atoms with E-state index in [9.17, 15) is 4.79 Å². The van der Waals surface area contributed by atoms with Gasteiger partial charge in [-0.25, -0.2) is 4.98 Å². The van der Waals surface area contributed by atoms with E-state index in [-0.39, 0.29) is 11.9 Å². The molecule has 5 heteroatoms. The maximum atomic E-state index is 12.6. The number of amides is 1. The molecule has 1 aromatic heterocycles. The highest BCUT2D eigenvalue weighted by Crippen LogP contribution is 2.23. The molecule has 0 aliphatic heterocycles. The molecule has 22 heavy (non-hydrogen) atoms. The van der Waals surface area contributed by atoms with Crippen LogP contribution in [0, 0.1) is 0 Å². The number of rotatable bonds is 6. The number of nitrogens with zero attached hydrogens (tertiary/aromatic N) is 2. The minimum Gasteiger partial charge on any atom is -0.489 e. The van der Waals surface area contributed by atoms with Crippen molar-refractivity contribution in [3.8, 4) is 5.75 Å². The zero-order valence-corrected chi connectivity index (χ0v) is 13.9. The molecule has 1 heterocycles. The van der Waals surface area contributed by atoms with E-state index in [1.54, 1.807) is 41.6 Å². The van der Waals surface area contributed by atoms with E-state index in [0.717, 1.165) is 10.6 Å². The quantitative estimate of drug-likeness (QED) is 0.758. The number of hydrogen-bond acceptors (Lipinski definition) is 4. The Kier molecular flexibility index (Phi) is 5.33. The lowest BCUT2D eigenvalue weighted by atomic mass is 10.1. The van der Waals surface area contributed by atoms with Crippen molar-refractivity contribution < 1.29 is 9.53 Å². The second-order valence-corrected chi connectivity index (χ2v) is 6.16. The van der Waals surface area contributed by atoms with Gasteiger partial charge in [0, 0.05) is 24.2 Å². The Balaban J connectivity index is 2.11. The molecule has 0 unspecified atom stereocenters. The molecule has 0 aliphatic rings. The summed E-state index contributed by atoms with van der Waals surface area (Å²) in [6.45, 7) is 8.12. The highest BCUT2D eigenvalue weighted by molar-refractivity contribution is 7.09. The molecule has 1 amide bonds. The third-order valence-corrected chi connectivity index (χ3v) is 4.22. The molecule has 0 saturated carbocycles. The Morgan fingerprint density at radius 1 is 1.50 bits per heavy atom. The van der Waals surface area contributed by atoms with Gasteiger partial charge < -0.3 is 9.64 Å². The molecule has 0 saturated heterocycles. The zero-order chi connectivity index (χ0) is 16.1. The summed E-state index contributed by atoms with van der Waals surface area (Å²) in [5.41, 5.74) is 1.54. The van der Waals surface area contributed by atoms with Crippen LogP contribution in [-0.2, 0) is 0 Å². The van der Waals surface area contributed by atoms with Gasteiger partial charge in [0.15, 0.2) is 0 Å². The maximum absolute atomic E-state index is 12.6. The fraction of sp³-hybridized carbons (Fsp3) is 0.294. The normalized spacial score (nSPS) is 11.8. The Hall–Kier alpha value is -2.14. The minimum absolute atomic E-state index is 0.0523. The molecule has 1 atom stereocenters. The monoisotopic (exact) mass is 316 g/mol. The van der Waals surface area contributed by atoms with Crippen LogP contribution in [-0.4, -0.2) is 29.4 Å². The number of carbonyl (C=O) groups is 1. The van der Waals surface area contributed by atoms with Crippen LogP contribution in [0.15, 0.2) is 48.0 Å². The molecular formula is C17H20N2O2S. The van der Waals surface area contributed by atoms with Gasteiger partial charge in [0.05, 0.1) is 6.04 Å². The zero-order valence-electron chi connectivity index (χ0n) is 13.1. The van der Waals surface area contributed by atoms with E-state index in [0.29, 0.717) is 17.9 Å². The van der Waals surface area contributed by atoms with Gasteiger partial charge in [0.25, 0.3) is 5.91 Å². The molecule has 1 aromatic carbocycles. The van der Waals surface area contributed by atoms with Gasteiger partial charge in [-0.2, -0.15) is 0 Å². The molecule has 0 fully saturated rings. The van der Waals surface area contributed by atoms with Crippen LogP contribution < -0.4 is 4.74 Å². The van der Waals surface area contributed by atoms with Gasteiger partial charge in [0.1, 0.15) is 17.4 Å². The number of carbonyl (C=O) groups excluding carboxylic acids is 1. The maximum Gasteiger partial charge on any atom is 0.254 e. The van der Waals surface area contributed by atoms with Crippen molar-refractivity contribution in [1.29, 1.82) is 0 Å². The van der Waals surface area contributed by atoms with Gasteiger partial charge in [-0.05, 0) is 37.6 Å². The molecule has 0 aliphatic carbocycles. The average Bonchev–Trinajstić information content (AvgIpc) is 3.05. The first-order chi connectivity index (χ1) is 10.5. The SMILES string of the molecule is C=C(C)COc1cccc(C(=O)N(C)[C@H](C)c2nccs2)c1. The number of hydrogen-bond donors (Lipinski definition) is 0. The van der Waals surface area contributed by atoms with Gasteiger partial charge in [0.2, 0.25) is 0 Å². The predicted octanol–water partition coefficient (Wildman–Crippen LogP) is 3.93. The summed E-state index contributed by atoms with van der Waals surface area (Å²) in [6, 6.07) is 7.15. The topological polar surface area (TPSA) is 42.4 Å². The molecule has 2 rings (SSSR count). The predicted molar refractivity (Wildman–Crippen MR) is 89.4 cm³/mol. The van der Waals surface area contributed by atoms with E-state index in [1.165, 1.54) is 0 Å². The Labute approximate surface area is 135 Å². The van der Waals surface area contributed by atoms with Crippen molar-refractivity contribution in [2.75, 3.05) is 13.7 Å². The molecule has 0 radical (unpaired) electrons.